The van der Waals surface area contributed by atoms with E-state index in [1.807, 2.05) is 0 Å². The third-order valence-electron chi connectivity index (χ3n) is 5.06. The molecule has 0 saturated carbocycles. The number of benzene rings is 3. The number of rotatable bonds is 5. The topological polar surface area (TPSA) is 130 Å². The Labute approximate surface area is 187 Å². The quantitative estimate of drug-likeness (QED) is 0.456. The number of carboxylic acid groups (broad SMARTS) is 1. The number of carboxylic acids is 1. The highest BCUT2D eigenvalue weighted by atomic mass is 16.5. The van der Waals surface area contributed by atoms with Crippen LogP contribution in [0.4, 0.5) is 11.4 Å². The van der Waals surface area contributed by atoms with Gasteiger partial charge in [0.1, 0.15) is 0 Å². The molecule has 3 amide bonds. The minimum absolute atomic E-state index is 0.0105. The monoisotopic (exact) mass is 444 g/mol. The molecule has 1 aliphatic rings. The number of ether oxygens (including phenoxy) is 1. The summed E-state index contributed by atoms with van der Waals surface area (Å²) in [5, 5.41) is 11.7. The van der Waals surface area contributed by atoms with E-state index in [1.165, 1.54) is 73.8 Å². The first-order valence-corrected chi connectivity index (χ1v) is 9.66. The van der Waals surface area contributed by atoms with Crippen LogP contribution >= 0.6 is 0 Å². The molecule has 0 aromatic heterocycles. The van der Waals surface area contributed by atoms with E-state index in [-0.39, 0.29) is 39.2 Å². The number of imide groups is 1. The molecule has 0 spiro atoms. The second kappa shape index (κ2) is 8.39. The lowest BCUT2D eigenvalue weighted by molar-refractivity contribution is 0.0599. The van der Waals surface area contributed by atoms with E-state index in [2.05, 4.69) is 10.1 Å². The van der Waals surface area contributed by atoms with Crippen LogP contribution in [0.5, 0.6) is 0 Å². The minimum Gasteiger partial charge on any atom is -0.478 e. The Kier molecular flexibility index (Phi) is 5.45. The number of carbonyl (C=O) groups is 5. The van der Waals surface area contributed by atoms with Gasteiger partial charge in [-0.3, -0.25) is 14.4 Å². The van der Waals surface area contributed by atoms with Crippen LogP contribution in [0.15, 0.2) is 66.7 Å². The number of hydrogen-bond donors (Lipinski definition) is 2. The van der Waals surface area contributed by atoms with Crippen LogP contribution in [0.1, 0.15) is 51.8 Å². The fraction of sp³-hybridized carbons (Fsp3) is 0.0417. The summed E-state index contributed by atoms with van der Waals surface area (Å²) in [5.41, 5.74) is 1.14. The van der Waals surface area contributed by atoms with Gasteiger partial charge in [0.15, 0.2) is 0 Å². The minimum atomic E-state index is -1.13. The summed E-state index contributed by atoms with van der Waals surface area (Å²) >= 11 is 0. The lowest BCUT2D eigenvalue weighted by Crippen LogP contribution is -2.29. The van der Waals surface area contributed by atoms with Crippen LogP contribution in [0.3, 0.4) is 0 Å². The number of amides is 3. The van der Waals surface area contributed by atoms with Crippen molar-refractivity contribution in [2.75, 3.05) is 17.3 Å². The molecule has 0 fully saturated rings. The van der Waals surface area contributed by atoms with Crippen molar-refractivity contribution >= 4 is 41.0 Å². The van der Waals surface area contributed by atoms with Gasteiger partial charge in [0, 0.05) is 11.3 Å². The molecule has 0 radical (unpaired) electrons. The van der Waals surface area contributed by atoms with Crippen molar-refractivity contribution in [1.82, 2.24) is 0 Å². The molecule has 9 nitrogen and oxygen atoms in total. The smallest absolute Gasteiger partial charge is 0.337 e. The van der Waals surface area contributed by atoms with Crippen LogP contribution in [-0.2, 0) is 4.74 Å². The Morgan fingerprint density at radius 3 is 2.15 bits per heavy atom. The summed E-state index contributed by atoms with van der Waals surface area (Å²) in [6, 6.07) is 15.6. The highest BCUT2D eigenvalue weighted by molar-refractivity contribution is 6.34. The van der Waals surface area contributed by atoms with E-state index in [0.29, 0.717) is 0 Å². The first-order chi connectivity index (χ1) is 15.8. The molecule has 0 aliphatic carbocycles. The Hall–Kier alpha value is -4.79. The van der Waals surface area contributed by atoms with Gasteiger partial charge in [-0.25, -0.2) is 14.5 Å². The fourth-order valence-corrected chi connectivity index (χ4v) is 3.41. The number of hydrogen-bond acceptors (Lipinski definition) is 6. The molecule has 1 aliphatic heterocycles. The van der Waals surface area contributed by atoms with Crippen molar-refractivity contribution in [2.45, 2.75) is 0 Å². The molecule has 4 rings (SSSR count). The maximum atomic E-state index is 13.0. The van der Waals surface area contributed by atoms with E-state index >= 15 is 0 Å². The molecule has 9 heteroatoms. The summed E-state index contributed by atoms with van der Waals surface area (Å²) in [5.74, 6) is -3.41. The predicted molar refractivity (Wildman–Crippen MR) is 117 cm³/mol. The maximum absolute atomic E-state index is 13.0. The highest BCUT2D eigenvalue weighted by Gasteiger charge is 2.37. The van der Waals surface area contributed by atoms with Crippen LogP contribution in [0, 0.1) is 0 Å². The SMILES string of the molecule is COC(=O)c1ccc(N2C(=O)c3ccc(C(=O)Nc4cccc(C(=O)O)c4)cc3C2=O)cc1. The zero-order valence-electron chi connectivity index (χ0n) is 17.2. The molecule has 0 unspecified atom stereocenters. The number of anilines is 2. The second-order valence-electron chi connectivity index (χ2n) is 7.08. The molecule has 0 atom stereocenters. The van der Waals surface area contributed by atoms with Crippen molar-refractivity contribution in [3.63, 3.8) is 0 Å². The van der Waals surface area contributed by atoms with Crippen molar-refractivity contribution in [2.24, 2.45) is 0 Å². The predicted octanol–water partition coefficient (Wildman–Crippen LogP) is 3.22. The maximum Gasteiger partial charge on any atom is 0.337 e. The van der Waals surface area contributed by atoms with Gasteiger partial charge in [-0.2, -0.15) is 0 Å². The van der Waals surface area contributed by atoms with Gasteiger partial charge in [-0.1, -0.05) is 6.07 Å². The van der Waals surface area contributed by atoms with E-state index in [4.69, 9.17) is 5.11 Å². The van der Waals surface area contributed by atoms with Gasteiger partial charge >= 0.3 is 11.9 Å². The van der Waals surface area contributed by atoms with Crippen molar-refractivity contribution in [1.29, 1.82) is 0 Å². The summed E-state index contributed by atoms with van der Waals surface area (Å²) < 4.78 is 4.64. The normalized spacial score (nSPS) is 12.3. The largest absolute Gasteiger partial charge is 0.478 e. The first-order valence-electron chi connectivity index (χ1n) is 9.66. The third-order valence-corrected chi connectivity index (χ3v) is 5.06. The molecule has 0 saturated heterocycles. The number of fused-ring (bicyclic) bond motifs is 1. The molecule has 164 valence electrons. The lowest BCUT2D eigenvalue weighted by Gasteiger charge is -2.14. The molecule has 33 heavy (non-hydrogen) atoms. The summed E-state index contributed by atoms with van der Waals surface area (Å²) in [7, 11) is 1.25. The number of esters is 1. The lowest BCUT2D eigenvalue weighted by atomic mass is 10.1. The number of methoxy groups -OCH3 is 1. The zero-order chi connectivity index (χ0) is 23.7. The van der Waals surface area contributed by atoms with Crippen LogP contribution in [0.2, 0.25) is 0 Å². The van der Waals surface area contributed by atoms with Crippen LogP contribution in [0.25, 0.3) is 0 Å². The van der Waals surface area contributed by atoms with Crippen LogP contribution < -0.4 is 10.2 Å². The van der Waals surface area contributed by atoms with Gasteiger partial charge in [-0.05, 0) is 60.7 Å². The number of aromatic carboxylic acids is 1. The average Bonchev–Trinajstić information content (AvgIpc) is 3.08. The van der Waals surface area contributed by atoms with E-state index in [0.717, 1.165) is 4.90 Å². The van der Waals surface area contributed by atoms with Gasteiger partial charge < -0.3 is 15.2 Å². The number of nitrogens with zero attached hydrogens (tertiary/aromatic N) is 1. The first kappa shape index (κ1) is 21.4. The zero-order valence-corrected chi connectivity index (χ0v) is 17.2. The van der Waals surface area contributed by atoms with E-state index in [1.54, 1.807) is 0 Å². The Morgan fingerprint density at radius 2 is 1.48 bits per heavy atom. The molecular formula is C24H16N2O7. The van der Waals surface area contributed by atoms with Crippen molar-refractivity contribution < 1.29 is 33.8 Å². The Balaban J connectivity index is 1.58. The fourth-order valence-electron chi connectivity index (χ4n) is 3.41. The molecule has 3 aromatic rings. The molecule has 1 heterocycles. The third kappa shape index (κ3) is 3.94. The highest BCUT2D eigenvalue weighted by Crippen LogP contribution is 2.29. The van der Waals surface area contributed by atoms with E-state index < -0.39 is 29.7 Å². The number of nitrogens with one attached hydrogen (secondary N) is 1. The van der Waals surface area contributed by atoms with Crippen LogP contribution in [-0.4, -0.2) is 41.9 Å². The molecule has 3 aromatic carbocycles. The molecular weight excluding hydrogens is 428 g/mol. The average molecular weight is 444 g/mol. The van der Waals surface area contributed by atoms with Gasteiger partial charge in [-0.15, -0.1) is 0 Å². The number of carbonyl (C=O) groups excluding carboxylic acids is 4. The summed E-state index contributed by atoms with van der Waals surface area (Å²) in [6.45, 7) is 0. The van der Waals surface area contributed by atoms with E-state index in [9.17, 15) is 24.0 Å². The standard InChI is InChI=1S/C24H16N2O7/c1-33-24(32)13-5-8-17(9-6-13)26-21(28)18-10-7-14(12-19(18)22(26)29)20(27)25-16-4-2-3-15(11-16)23(30)31/h2-12H,1H3,(H,25,27)(H,30,31). The Bertz CT molecular complexity index is 1330. The van der Waals surface area contributed by atoms with Gasteiger partial charge in [0.05, 0.1) is 35.1 Å². The molecule has 2 N–H and O–H groups in total. The summed E-state index contributed by atoms with van der Waals surface area (Å²) in [4.78, 5) is 62.1. The Morgan fingerprint density at radius 1 is 0.818 bits per heavy atom. The molecule has 0 bridgehead atoms. The van der Waals surface area contributed by atoms with Crippen molar-refractivity contribution in [3.8, 4) is 0 Å². The van der Waals surface area contributed by atoms with Gasteiger partial charge in [0.25, 0.3) is 17.7 Å². The van der Waals surface area contributed by atoms with Crippen molar-refractivity contribution in [3.05, 3.63) is 94.5 Å². The second-order valence-corrected chi connectivity index (χ2v) is 7.08. The summed E-state index contributed by atoms with van der Waals surface area (Å²) in [6.07, 6.45) is 0. The van der Waals surface area contributed by atoms with Gasteiger partial charge in [0.2, 0.25) is 0 Å².